The van der Waals surface area contributed by atoms with Crippen molar-refractivity contribution in [3.05, 3.63) is 55.9 Å². The van der Waals surface area contributed by atoms with Gasteiger partial charge < -0.3 is 10.1 Å². The standard InChI is InChI=1S/C20H22INO3/c1-11(2)25-20(24)17-12(3)22-15-5-4-6-16(23)19(15)18(17)13-7-9-14(21)10-8-13/h7-11,18,22H,4-6H2,1-3H3/t18-/m0/s1. The quantitative estimate of drug-likeness (QED) is 0.553. The average molecular weight is 451 g/mol. The minimum atomic E-state index is -0.354. The summed E-state index contributed by atoms with van der Waals surface area (Å²) in [6.45, 7) is 5.56. The minimum Gasteiger partial charge on any atom is -0.460 e. The van der Waals surface area contributed by atoms with Crippen LogP contribution in [0.15, 0.2) is 46.8 Å². The number of nitrogens with one attached hydrogen (secondary N) is 1. The van der Waals surface area contributed by atoms with Gasteiger partial charge in [0.15, 0.2) is 5.78 Å². The highest BCUT2D eigenvalue weighted by Crippen LogP contribution is 2.42. The monoisotopic (exact) mass is 451 g/mol. The van der Waals surface area contributed by atoms with E-state index in [1.807, 2.05) is 45.0 Å². The van der Waals surface area contributed by atoms with E-state index in [2.05, 4.69) is 27.9 Å². The van der Waals surface area contributed by atoms with Gasteiger partial charge in [0.1, 0.15) is 0 Å². The Hall–Kier alpha value is -1.63. The molecule has 0 amide bonds. The summed E-state index contributed by atoms with van der Waals surface area (Å²) in [6, 6.07) is 8.01. The minimum absolute atomic E-state index is 0.125. The van der Waals surface area contributed by atoms with Gasteiger partial charge in [0.25, 0.3) is 0 Å². The molecule has 0 radical (unpaired) electrons. The van der Waals surface area contributed by atoms with E-state index in [4.69, 9.17) is 4.74 Å². The van der Waals surface area contributed by atoms with Crippen LogP contribution in [0.1, 0.15) is 51.5 Å². The van der Waals surface area contributed by atoms with Gasteiger partial charge in [0, 0.05) is 32.9 Å². The Morgan fingerprint density at radius 2 is 1.92 bits per heavy atom. The molecule has 1 heterocycles. The number of dihydropyridines is 1. The van der Waals surface area contributed by atoms with Crippen LogP contribution in [-0.4, -0.2) is 17.9 Å². The first-order chi connectivity index (χ1) is 11.9. The summed E-state index contributed by atoms with van der Waals surface area (Å²) in [5, 5.41) is 3.30. The fraction of sp³-hybridized carbons (Fsp3) is 0.400. The van der Waals surface area contributed by atoms with E-state index in [-0.39, 0.29) is 23.8 Å². The van der Waals surface area contributed by atoms with Crippen molar-refractivity contribution in [3.8, 4) is 0 Å². The Bertz CT molecular complexity index is 775. The lowest BCUT2D eigenvalue weighted by Gasteiger charge is -2.34. The van der Waals surface area contributed by atoms with E-state index in [9.17, 15) is 9.59 Å². The number of benzene rings is 1. The van der Waals surface area contributed by atoms with Gasteiger partial charge in [-0.3, -0.25) is 4.79 Å². The van der Waals surface area contributed by atoms with Crippen molar-refractivity contribution in [2.24, 2.45) is 0 Å². The molecule has 1 aromatic rings. The molecular weight excluding hydrogens is 429 g/mol. The molecule has 0 spiro atoms. The summed E-state index contributed by atoms with van der Waals surface area (Å²) in [5.74, 6) is -0.583. The third-order valence-corrected chi connectivity index (χ3v) is 5.26. The van der Waals surface area contributed by atoms with Crippen molar-refractivity contribution in [2.45, 2.75) is 52.1 Å². The van der Waals surface area contributed by atoms with E-state index < -0.39 is 0 Å². The van der Waals surface area contributed by atoms with Crippen LogP contribution in [0.4, 0.5) is 0 Å². The zero-order valence-corrected chi connectivity index (χ0v) is 16.8. The number of ketones is 1. The second-order valence-corrected chi connectivity index (χ2v) is 8.02. The van der Waals surface area contributed by atoms with Gasteiger partial charge in [-0.25, -0.2) is 4.79 Å². The lowest BCUT2D eigenvalue weighted by Crippen LogP contribution is -2.34. The van der Waals surface area contributed by atoms with Gasteiger partial charge in [0.05, 0.1) is 11.7 Å². The van der Waals surface area contributed by atoms with Crippen LogP contribution in [0.3, 0.4) is 0 Å². The van der Waals surface area contributed by atoms with Crippen LogP contribution in [0, 0.1) is 3.57 Å². The molecule has 2 aliphatic rings. The Labute approximate surface area is 161 Å². The van der Waals surface area contributed by atoms with Crippen molar-refractivity contribution < 1.29 is 14.3 Å². The van der Waals surface area contributed by atoms with E-state index in [1.54, 1.807) is 0 Å². The highest BCUT2D eigenvalue weighted by atomic mass is 127. The summed E-state index contributed by atoms with van der Waals surface area (Å²) in [7, 11) is 0. The molecule has 1 atom stereocenters. The molecule has 1 aliphatic heterocycles. The Morgan fingerprint density at radius 1 is 1.24 bits per heavy atom. The number of allylic oxidation sites excluding steroid dienone is 3. The SMILES string of the molecule is CC1=C(C(=O)OC(C)C)[C@H](c2ccc(I)cc2)C2=C(CCCC2=O)N1. The van der Waals surface area contributed by atoms with Gasteiger partial charge in [-0.1, -0.05) is 12.1 Å². The summed E-state index contributed by atoms with van der Waals surface area (Å²) in [6.07, 6.45) is 2.02. The highest BCUT2D eigenvalue weighted by Gasteiger charge is 2.39. The summed E-state index contributed by atoms with van der Waals surface area (Å²) in [5.41, 5.74) is 3.97. The number of hydrogen-bond donors (Lipinski definition) is 1. The van der Waals surface area contributed by atoms with Crippen LogP contribution in [-0.2, 0) is 14.3 Å². The first-order valence-corrected chi connectivity index (χ1v) is 9.67. The molecule has 5 heteroatoms. The molecule has 4 nitrogen and oxygen atoms in total. The molecule has 0 unspecified atom stereocenters. The second-order valence-electron chi connectivity index (χ2n) is 6.77. The van der Waals surface area contributed by atoms with Gasteiger partial charge >= 0.3 is 5.97 Å². The van der Waals surface area contributed by atoms with Gasteiger partial charge in [-0.15, -0.1) is 0 Å². The largest absolute Gasteiger partial charge is 0.460 e. The maximum absolute atomic E-state index is 12.8. The molecule has 0 saturated heterocycles. The van der Waals surface area contributed by atoms with Crippen molar-refractivity contribution in [3.63, 3.8) is 0 Å². The van der Waals surface area contributed by atoms with Gasteiger partial charge in [-0.05, 0) is 73.9 Å². The average Bonchev–Trinajstić information content (AvgIpc) is 2.53. The third-order valence-electron chi connectivity index (χ3n) is 4.54. The molecule has 25 heavy (non-hydrogen) atoms. The first kappa shape index (κ1) is 18.2. The molecule has 3 rings (SSSR count). The first-order valence-electron chi connectivity index (χ1n) is 8.59. The predicted octanol–water partition coefficient (Wildman–Crippen LogP) is 4.21. The highest BCUT2D eigenvalue weighted by molar-refractivity contribution is 14.1. The van der Waals surface area contributed by atoms with Crippen LogP contribution in [0.2, 0.25) is 0 Å². The number of carbonyl (C=O) groups excluding carboxylic acids is 2. The van der Waals surface area contributed by atoms with Crippen LogP contribution < -0.4 is 5.32 Å². The summed E-state index contributed by atoms with van der Waals surface area (Å²) >= 11 is 2.25. The smallest absolute Gasteiger partial charge is 0.337 e. The molecule has 0 fully saturated rings. The second kappa shape index (κ2) is 7.32. The maximum atomic E-state index is 12.8. The van der Waals surface area contributed by atoms with E-state index in [1.165, 1.54) is 0 Å². The summed E-state index contributed by atoms with van der Waals surface area (Å²) in [4.78, 5) is 25.5. The maximum Gasteiger partial charge on any atom is 0.337 e. The molecule has 1 N–H and O–H groups in total. The molecule has 1 aromatic carbocycles. The Morgan fingerprint density at radius 3 is 2.56 bits per heavy atom. The fourth-order valence-corrected chi connectivity index (χ4v) is 3.88. The lowest BCUT2D eigenvalue weighted by atomic mass is 9.75. The Kier molecular flexibility index (Phi) is 5.32. The van der Waals surface area contributed by atoms with Crippen LogP contribution in [0.5, 0.6) is 0 Å². The van der Waals surface area contributed by atoms with Crippen molar-refractivity contribution >= 4 is 34.3 Å². The number of hydrogen-bond acceptors (Lipinski definition) is 4. The van der Waals surface area contributed by atoms with Gasteiger partial charge in [0.2, 0.25) is 0 Å². The lowest BCUT2D eigenvalue weighted by molar-refractivity contribution is -0.143. The number of rotatable bonds is 3. The molecule has 132 valence electrons. The van der Waals surface area contributed by atoms with Crippen LogP contribution in [0.25, 0.3) is 0 Å². The number of carbonyl (C=O) groups is 2. The number of ether oxygens (including phenoxy) is 1. The number of Topliss-reactive ketones (excluding diaryl/α,β-unsaturated/α-hetero) is 1. The fourth-order valence-electron chi connectivity index (χ4n) is 3.52. The van der Waals surface area contributed by atoms with Crippen molar-refractivity contribution in [1.29, 1.82) is 0 Å². The predicted molar refractivity (Wildman–Crippen MR) is 105 cm³/mol. The Balaban J connectivity index is 2.13. The van der Waals surface area contributed by atoms with Crippen molar-refractivity contribution in [1.82, 2.24) is 5.32 Å². The number of esters is 1. The topological polar surface area (TPSA) is 55.4 Å². The van der Waals surface area contributed by atoms with E-state index in [0.29, 0.717) is 12.0 Å². The molecule has 0 aromatic heterocycles. The zero-order valence-electron chi connectivity index (χ0n) is 14.7. The molecular formula is C20H22INO3. The molecule has 0 bridgehead atoms. The summed E-state index contributed by atoms with van der Waals surface area (Å²) < 4.78 is 6.60. The van der Waals surface area contributed by atoms with Gasteiger partial charge in [-0.2, -0.15) is 0 Å². The van der Waals surface area contributed by atoms with Crippen LogP contribution >= 0.6 is 22.6 Å². The normalized spacial score (nSPS) is 20.5. The van der Waals surface area contributed by atoms with E-state index in [0.717, 1.165) is 38.9 Å². The zero-order chi connectivity index (χ0) is 18.1. The number of halogens is 1. The third kappa shape index (κ3) is 3.66. The van der Waals surface area contributed by atoms with Crippen molar-refractivity contribution in [2.75, 3.05) is 0 Å². The van der Waals surface area contributed by atoms with E-state index >= 15 is 0 Å². The molecule has 1 aliphatic carbocycles. The molecule has 0 saturated carbocycles.